The standard InChI is InChI=1S/C22H24N2O3/c1-3-27-20(25)14-16(2)23-24-21(26)19-15-22(19,17-10-6-4-7-11-17)18-12-8-5-9-13-18/h4-13,19H,3,14-15H2,1-2H3,(H,24,26)/b23-16-/t19-/m0/s1. The minimum absolute atomic E-state index is 0.0707. The van der Waals surface area contributed by atoms with Crippen molar-refractivity contribution in [3.63, 3.8) is 0 Å². The van der Waals surface area contributed by atoms with E-state index in [0.29, 0.717) is 12.3 Å². The highest BCUT2D eigenvalue weighted by atomic mass is 16.5. The Morgan fingerprint density at radius 3 is 2.15 bits per heavy atom. The molecular formula is C22H24N2O3. The first-order valence-electron chi connectivity index (χ1n) is 9.17. The summed E-state index contributed by atoms with van der Waals surface area (Å²) in [6.07, 6.45) is 0.806. The minimum Gasteiger partial charge on any atom is -0.466 e. The van der Waals surface area contributed by atoms with E-state index in [9.17, 15) is 9.59 Å². The quantitative estimate of drug-likeness (QED) is 0.465. The number of esters is 1. The summed E-state index contributed by atoms with van der Waals surface area (Å²) < 4.78 is 4.90. The van der Waals surface area contributed by atoms with Gasteiger partial charge in [0.1, 0.15) is 0 Å². The van der Waals surface area contributed by atoms with Gasteiger partial charge in [0, 0.05) is 11.1 Å². The van der Waals surface area contributed by atoms with Gasteiger partial charge in [-0.05, 0) is 31.4 Å². The smallest absolute Gasteiger partial charge is 0.311 e. The van der Waals surface area contributed by atoms with E-state index in [0.717, 1.165) is 17.5 Å². The number of carbonyl (C=O) groups excluding carboxylic acids is 2. The van der Waals surface area contributed by atoms with Crippen LogP contribution < -0.4 is 5.43 Å². The number of nitrogens with zero attached hydrogens (tertiary/aromatic N) is 1. The molecule has 1 N–H and O–H groups in total. The molecule has 1 aliphatic carbocycles. The third-order valence-electron chi connectivity index (χ3n) is 4.92. The van der Waals surface area contributed by atoms with Gasteiger partial charge in [0.15, 0.2) is 0 Å². The van der Waals surface area contributed by atoms with Crippen molar-refractivity contribution in [2.24, 2.45) is 11.0 Å². The molecule has 1 aliphatic rings. The van der Waals surface area contributed by atoms with E-state index in [1.807, 2.05) is 36.4 Å². The number of rotatable bonds is 7. The Morgan fingerprint density at radius 2 is 1.63 bits per heavy atom. The first kappa shape index (κ1) is 18.8. The Bertz CT molecular complexity index is 792. The highest BCUT2D eigenvalue weighted by Gasteiger charge is 2.60. The van der Waals surface area contributed by atoms with Crippen molar-refractivity contribution in [3.05, 3.63) is 71.8 Å². The number of hydrazone groups is 1. The summed E-state index contributed by atoms with van der Waals surface area (Å²) in [6.45, 7) is 3.79. The SMILES string of the molecule is CCOC(=O)C/C(C)=N\NC(=O)[C@@H]1CC1(c1ccccc1)c1ccccc1. The van der Waals surface area contributed by atoms with E-state index >= 15 is 0 Å². The zero-order chi connectivity index (χ0) is 19.3. The number of nitrogens with one attached hydrogen (secondary N) is 1. The van der Waals surface area contributed by atoms with Gasteiger partial charge < -0.3 is 4.74 Å². The van der Waals surface area contributed by atoms with Crippen molar-refractivity contribution in [1.29, 1.82) is 0 Å². The molecule has 0 unspecified atom stereocenters. The molecule has 0 saturated heterocycles. The van der Waals surface area contributed by atoms with Crippen LogP contribution in [0.25, 0.3) is 0 Å². The summed E-state index contributed by atoms with van der Waals surface area (Å²) >= 11 is 0. The molecule has 1 atom stereocenters. The Labute approximate surface area is 159 Å². The van der Waals surface area contributed by atoms with Crippen LogP contribution in [-0.2, 0) is 19.7 Å². The van der Waals surface area contributed by atoms with Crippen LogP contribution in [0.1, 0.15) is 37.8 Å². The van der Waals surface area contributed by atoms with Crippen molar-refractivity contribution in [1.82, 2.24) is 5.43 Å². The Balaban J connectivity index is 1.75. The summed E-state index contributed by atoms with van der Waals surface area (Å²) in [6, 6.07) is 20.2. The Kier molecular flexibility index (Phi) is 5.69. The summed E-state index contributed by atoms with van der Waals surface area (Å²) in [5.41, 5.74) is 5.08. The van der Waals surface area contributed by atoms with Crippen LogP contribution >= 0.6 is 0 Å². The van der Waals surface area contributed by atoms with Crippen LogP contribution in [0.5, 0.6) is 0 Å². The maximum absolute atomic E-state index is 12.7. The van der Waals surface area contributed by atoms with Gasteiger partial charge in [-0.25, -0.2) is 5.43 Å². The van der Waals surface area contributed by atoms with Crippen LogP contribution in [-0.4, -0.2) is 24.2 Å². The highest BCUT2D eigenvalue weighted by Crippen LogP contribution is 2.58. The fraction of sp³-hybridized carbons (Fsp3) is 0.318. The molecule has 0 aliphatic heterocycles. The van der Waals surface area contributed by atoms with Crippen LogP contribution in [0.2, 0.25) is 0 Å². The zero-order valence-corrected chi connectivity index (χ0v) is 15.6. The largest absolute Gasteiger partial charge is 0.466 e. The van der Waals surface area contributed by atoms with E-state index in [1.54, 1.807) is 13.8 Å². The maximum atomic E-state index is 12.7. The van der Waals surface area contributed by atoms with Crippen LogP contribution in [0.4, 0.5) is 0 Å². The van der Waals surface area contributed by atoms with Gasteiger partial charge in [0.2, 0.25) is 5.91 Å². The molecule has 0 heterocycles. The van der Waals surface area contributed by atoms with Crippen LogP contribution in [0.3, 0.4) is 0 Å². The molecule has 2 aromatic carbocycles. The predicted molar refractivity (Wildman–Crippen MR) is 104 cm³/mol. The normalized spacial score (nSPS) is 17.9. The lowest BCUT2D eigenvalue weighted by Gasteiger charge is -2.18. The van der Waals surface area contributed by atoms with Gasteiger partial charge in [-0.2, -0.15) is 5.10 Å². The maximum Gasteiger partial charge on any atom is 0.311 e. The van der Waals surface area contributed by atoms with Gasteiger partial charge in [0.05, 0.1) is 18.9 Å². The average Bonchev–Trinajstić information content (AvgIpc) is 3.45. The Morgan fingerprint density at radius 1 is 1.07 bits per heavy atom. The monoisotopic (exact) mass is 364 g/mol. The number of benzene rings is 2. The third-order valence-corrected chi connectivity index (χ3v) is 4.92. The summed E-state index contributed by atoms with van der Waals surface area (Å²) in [4.78, 5) is 24.3. The van der Waals surface area contributed by atoms with Crippen molar-refractivity contribution in [3.8, 4) is 0 Å². The lowest BCUT2D eigenvalue weighted by Crippen LogP contribution is -2.26. The predicted octanol–water partition coefficient (Wildman–Crippen LogP) is 3.44. The molecule has 5 nitrogen and oxygen atoms in total. The second kappa shape index (κ2) is 8.16. The van der Waals surface area contributed by atoms with E-state index in [1.165, 1.54) is 0 Å². The third kappa shape index (κ3) is 4.08. The molecule has 0 aromatic heterocycles. The van der Waals surface area contributed by atoms with Crippen molar-refractivity contribution < 1.29 is 14.3 Å². The lowest BCUT2D eigenvalue weighted by atomic mass is 9.85. The van der Waals surface area contributed by atoms with Crippen LogP contribution in [0, 0.1) is 5.92 Å². The molecule has 0 spiro atoms. The van der Waals surface area contributed by atoms with Gasteiger partial charge in [-0.3, -0.25) is 9.59 Å². The summed E-state index contributed by atoms with van der Waals surface area (Å²) in [5, 5.41) is 4.08. The van der Waals surface area contributed by atoms with Gasteiger partial charge in [-0.15, -0.1) is 0 Å². The fourth-order valence-electron chi connectivity index (χ4n) is 3.54. The molecule has 0 radical (unpaired) electrons. The first-order valence-corrected chi connectivity index (χ1v) is 9.17. The first-order chi connectivity index (χ1) is 13.1. The molecule has 2 aromatic rings. The minimum atomic E-state index is -0.345. The molecule has 5 heteroatoms. The second-order valence-electron chi connectivity index (χ2n) is 6.77. The van der Waals surface area contributed by atoms with Crippen LogP contribution in [0.15, 0.2) is 65.8 Å². The van der Waals surface area contributed by atoms with Crippen molar-refractivity contribution in [2.75, 3.05) is 6.61 Å². The van der Waals surface area contributed by atoms with Gasteiger partial charge >= 0.3 is 5.97 Å². The number of ether oxygens (including phenoxy) is 1. The molecule has 1 fully saturated rings. The number of amides is 1. The summed E-state index contributed by atoms with van der Waals surface area (Å²) in [5.74, 6) is -0.672. The molecule has 140 valence electrons. The molecule has 1 amide bonds. The van der Waals surface area contributed by atoms with E-state index in [-0.39, 0.29) is 29.6 Å². The number of carbonyl (C=O) groups is 2. The lowest BCUT2D eigenvalue weighted by molar-refractivity contribution is -0.141. The fourth-order valence-corrected chi connectivity index (χ4v) is 3.54. The topological polar surface area (TPSA) is 67.8 Å². The van der Waals surface area contributed by atoms with Crippen molar-refractivity contribution in [2.45, 2.75) is 32.1 Å². The molecule has 1 saturated carbocycles. The highest BCUT2D eigenvalue weighted by molar-refractivity contribution is 5.98. The van der Waals surface area contributed by atoms with Gasteiger partial charge in [0.25, 0.3) is 0 Å². The average molecular weight is 364 g/mol. The molecule has 27 heavy (non-hydrogen) atoms. The van der Waals surface area contributed by atoms with E-state index < -0.39 is 0 Å². The number of hydrogen-bond donors (Lipinski definition) is 1. The molecular weight excluding hydrogens is 340 g/mol. The molecule has 0 bridgehead atoms. The van der Waals surface area contributed by atoms with E-state index in [4.69, 9.17) is 4.74 Å². The van der Waals surface area contributed by atoms with Crippen molar-refractivity contribution >= 4 is 17.6 Å². The number of hydrogen-bond acceptors (Lipinski definition) is 4. The Hall–Kier alpha value is -2.95. The molecule has 3 rings (SSSR count). The van der Waals surface area contributed by atoms with Gasteiger partial charge in [-0.1, -0.05) is 60.7 Å². The second-order valence-corrected chi connectivity index (χ2v) is 6.77. The zero-order valence-electron chi connectivity index (χ0n) is 15.6. The summed E-state index contributed by atoms with van der Waals surface area (Å²) in [7, 11) is 0. The van der Waals surface area contributed by atoms with E-state index in [2.05, 4.69) is 34.8 Å².